The zero-order valence-corrected chi connectivity index (χ0v) is 22.2. The number of esters is 2. The Morgan fingerprint density at radius 3 is 1.70 bits per heavy atom. The molecule has 9 heteroatoms. The average molecular weight is 586 g/mol. The molecule has 0 saturated heterocycles. The lowest BCUT2D eigenvalue weighted by Crippen LogP contribution is -2.28. The van der Waals surface area contributed by atoms with Crippen LogP contribution in [-0.4, -0.2) is 65.0 Å². The van der Waals surface area contributed by atoms with Crippen molar-refractivity contribution in [2.75, 3.05) is 30.8 Å². The monoisotopic (exact) mass is 585 g/mol. The number of amides is 1. The zero-order valence-electron chi connectivity index (χ0n) is 20.0. The lowest BCUT2D eigenvalue weighted by molar-refractivity contribution is -0.156. The fourth-order valence-corrected chi connectivity index (χ4v) is 3.78. The summed E-state index contributed by atoms with van der Waals surface area (Å²) in [6, 6.07) is 0. The second-order valence-corrected chi connectivity index (χ2v) is 9.31. The number of carbonyl (C=O) groups excluding carboxylic acids is 3. The van der Waals surface area contributed by atoms with Crippen LogP contribution in [0.4, 0.5) is 0 Å². The number of nitrogens with one attached hydrogen (secondary N) is 1. The lowest BCUT2D eigenvalue weighted by Gasteiger charge is -2.12. The molecular formula is C24H44INO7. The van der Waals surface area contributed by atoms with E-state index in [1.165, 1.54) is 68.6 Å². The molecule has 194 valence electrons. The van der Waals surface area contributed by atoms with Crippen LogP contribution in [0, 0.1) is 0 Å². The first-order valence-electron chi connectivity index (χ1n) is 12.4. The Bertz CT molecular complexity index is 501. The van der Waals surface area contributed by atoms with E-state index in [4.69, 9.17) is 19.7 Å². The van der Waals surface area contributed by atoms with Gasteiger partial charge in [0.15, 0.2) is 0 Å². The summed E-state index contributed by atoms with van der Waals surface area (Å²) < 4.78 is 11.0. The van der Waals surface area contributed by atoms with Gasteiger partial charge in [0.1, 0.15) is 12.7 Å². The Kier molecular flexibility index (Phi) is 23.5. The third-order valence-corrected chi connectivity index (χ3v) is 5.98. The fourth-order valence-electron chi connectivity index (χ4n) is 3.24. The Morgan fingerprint density at radius 2 is 1.18 bits per heavy atom. The molecule has 1 amide bonds. The van der Waals surface area contributed by atoms with Gasteiger partial charge in [0.05, 0.1) is 32.6 Å². The van der Waals surface area contributed by atoms with Crippen LogP contribution in [0.25, 0.3) is 0 Å². The van der Waals surface area contributed by atoms with Gasteiger partial charge in [-0.2, -0.15) is 0 Å². The third-order valence-electron chi connectivity index (χ3n) is 5.21. The van der Waals surface area contributed by atoms with Gasteiger partial charge in [-0.15, -0.1) is 0 Å². The Morgan fingerprint density at radius 1 is 0.697 bits per heavy atom. The Labute approximate surface area is 212 Å². The van der Waals surface area contributed by atoms with Crippen LogP contribution in [0.1, 0.15) is 96.3 Å². The first kappa shape index (κ1) is 32.1. The van der Waals surface area contributed by atoms with E-state index in [1.807, 2.05) is 0 Å². The largest absolute Gasteiger partial charge is 0.464 e. The Balaban J connectivity index is 3.44. The SMILES string of the molecule is O=C(CCCCCCCCCCCCCCI)NCCOC(=O)CCC(=O)OC(CO)CO. The van der Waals surface area contributed by atoms with E-state index in [2.05, 4.69) is 27.9 Å². The smallest absolute Gasteiger partial charge is 0.306 e. The molecule has 0 unspecified atom stereocenters. The van der Waals surface area contributed by atoms with Crippen LogP contribution in [0.3, 0.4) is 0 Å². The fraction of sp³-hybridized carbons (Fsp3) is 0.875. The van der Waals surface area contributed by atoms with Gasteiger partial charge in [-0.05, 0) is 17.3 Å². The van der Waals surface area contributed by atoms with Gasteiger partial charge < -0.3 is 25.0 Å². The highest BCUT2D eigenvalue weighted by Crippen LogP contribution is 2.12. The number of ether oxygens (including phenoxy) is 2. The standard InChI is InChI=1S/C24H44INO7/c25-16-12-10-8-6-4-2-1-3-5-7-9-11-13-22(29)26-17-18-32-23(30)14-15-24(31)33-21(19-27)20-28/h21,27-28H,1-20H2,(H,26,29). The topological polar surface area (TPSA) is 122 Å². The van der Waals surface area contributed by atoms with E-state index >= 15 is 0 Å². The second-order valence-electron chi connectivity index (χ2n) is 8.23. The molecule has 0 aliphatic heterocycles. The van der Waals surface area contributed by atoms with Crippen LogP contribution in [0.5, 0.6) is 0 Å². The number of aliphatic hydroxyl groups is 2. The van der Waals surface area contributed by atoms with Crippen molar-refractivity contribution < 1.29 is 34.1 Å². The van der Waals surface area contributed by atoms with Crippen molar-refractivity contribution in [3.63, 3.8) is 0 Å². The van der Waals surface area contributed by atoms with Crippen molar-refractivity contribution in [2.24, 2.45) is 0 Å². The average Bonchev–Trinajstić information content (AvgIpc) is 2.81. The van der Waals surface area contributed by atoms with Crippen molar-refractivity contribution in [3.05, 3.63) is 0 Å². The normalized spacial score (nSPS) is 10.9. The highest BCUT2D eigenvalue weighted by Gasteiger charge is 2.14. The number of rotatable bonds is 23. The predicted octanol–water partition coefficient (Wildman–Crippen LogP) is 3.83. The predicted molar refractivity (Wildman–Crippen MR) is 136 cm³/mol. The van der Waals surface area contributed by atoms with Crippen LogP contribution < -0.4 is 5.32 Å². The first-order chi connectivity index (χ1) is 16.0. The number of alkyl halides is 1. The number of halogens is 1. The van der Waals surface area contributed by atoms with E-state index in [-0.39, 0.29) is 31.9 Å². The minimum atomic E-state index is -0.974. The molecule has 0 spiro atoms. The quantitative estimate of drug-likeness (QED) is 0.0721. The molecular weight excluding hydrogens is 541 g/mol. The maximum Gasteiger partial charge on any atom is 0.306 e. The summed E-state index contributed by atoms with van der Waals surface area (Å²) in [7, 11) is 0. The van der Waals surface area contributed by atoms with Gasteiger partial charge in [0, 0.05) is 6.42 Å². The summed E-state index contributed by atoms with van der Waals surface area (Å²) in [6.45, 7) is -0.672. The summed E-state index contributed by atoms with van der Waals surface area (Å²) in [5.74, 6) is -1.30. The maximum absolute atomic E-state index is 11.8. The molecule has 0 bridgehead atoms. The molecule has 0 fully saturated rings. The van der Waals surface area contributed by atoms with Crippen molar-refractivity contribution in [2.45, 2.75) is 102 Å². The number of hydrogen-bond donors (Lipinski definition) is 3. The third kappa shape index (κ3) is 22.6. The van der Waals surface area contributed by atoms with Crippen molar-refractivity contribution >= 4 is 40.4 Å². The molecule has 3 N–H and O–H groups in total. The minimum absolute atomic E-state index is 0.0451. The van der Waals surface area contributed by atoms with Gasteiger partial charge in [-0.1, -0.05) is 86.8 Å². The van der Waals surface area contributed by atoms with Crippen LogP contribution in [-0.2, 0) is 23.9 Å². The minimum Gasteiger partial charge on any atom is -0.464 e. The number of carbonyl (C=O) groups is 3. The lowest BCUT2D eigenvalue weighted by atomic mass is 10.0. The van der Waals surface area contributed by atoms with E-state index in [1.54, 1.807) is 0 Å². The number of aliphatic hydroxyl groups excluding tert-OH is 2. The molecule has 0 heterocycles. The molecule has 0 aromatic carbocycles. The van der Waals surface area contributed by atoms with Crippen LogP contribution in [0.2, 0.25) is 0 Å². The molecule has 8 nitrogen and oxygen atoms in total. The molecule has 0 aliphatic carbocycles. The summed E-state index contributed by atoms with van der Waals surface area (Å²) in [5, 5.41) is 20.4. The second kappa shape index (κ2) is 24.2. The van der Waals surface area contributed by atoms with Gasteiger partial charge in [0.25, 0.3) is 0 Å². The van der Waals surface area contributed by atoms with E-state index in [0.29, 0.717) is 6.42 Å². The van der Waals surface area contributed by atoms with E-state index in [9.17, 15) is 14.4 Å². The summed E-state index contributed by atoms with van der Waals surface area (Å²) >= 11 is 2.44. The molecule has 0 rings (SSSR count). The molecule has 33 heavy (non-hydrogen) atoms. The van der Waals surface area contributed by atoms with E-state index < -0.39 is 31.3 Å². The number of hydrogen-bond acceptors (Lipinski definition) is 7. The van der Waals surface area contributed by atoms with Gasteiger partial charge in [0.2, 0.25) is 5.91 Å². The van der Waals surface area contributed by atoms with Crippen molar-refractivity contribution in [3.8, 4) is 0 Å². The molecule has 0 aromatic heterocycles. The van der Waals surface area contributed by atoms with Crippen LogP contribution in [0.15, 0.2) is 0 Å². The number of unbranched alkanes of at least 4 members (excludes halogenated alkanes) is 11. The van der Waals surface area contributed by atoms with Crippen molar-refractivity contribution in [1.82, 2.24) is 5.32 Å². The zero-order chi connectivity index (χ0) is 24.6. The maximum atomic E-state index is 11.8. The highest BCUT2D eigenvalue weighted by molar-refractivity contribution is 14.1. The van der Waals surface area contributed by atoms with Crippen LogP contribution >= 0.6 is 22.6 Å². The highest BCUT2D eigenvalue weighted by atomic mass is 127. The molecule has 0 atom stereocenters. The summed E-state index contributed by atoms with van der Waals surface area (Å²) in [6.07, 6.45) is 14.3. The summed E-state index contributed by atoms with van der Waals surface area (Å²) in [4.78, 5) is 34.8. The summed E-state index contributed by atoms with van der Waals surface area (Å²) in [5.41, 5.74) is 0. The molecule has 0 saturated carbocycles. The molecule has 0 radical (unpaired) electrons. The molecule has 0 aromatic rings. The van der Waals surface area contributed by atoms with Gasteiger partial charge in [-0.3, -0.25) is 14.4 Å². The van der Waals surface area contributed by atoms with E-state index in [0.717, 1.165) is 12.8 Å². The Hall–Kier alpha value is -0.940. The van der Waals surface area contributed by atoms with Crippen molar-refractivity contribution in [1.29, 1.82) is 0 Å². The molecule has 0 aliphatic rings. The van der Waals surface area contributed by atoms with Gasteiger partial charge >= 0.3 is 11.9 Å². The van der Waals surface area contributed by atoms with Gasteiger partial charge in [-0.25, -0.2) is 0 Å². The first-order valence-corrected chi connectivity index (χ1v) is 14.0.